The lowest BCUT2D eigenvalue weighted by atomic mass is 9.96. The molecule has 3 rings (SSSR count). The molecule has 6 nitrogen and oxygen atoms in total. The first-order valence-electron chi connectivity index (χ1n) is 8.51. The highest BCUT2D eigenvalue weighted by Crippen LogP contribution is 2.22. The van der Waals surface area contributed by atoms with E-state index in [0.717, 1.165) is 15.6 Å². The lowest BCUT2D eigenvalue weighted by molar-refractivity contribution is -0.123. The van der Waals surface area contributed by atoms with E-state index >= 15 is 0 Å². The normalized spacial score (nSPS) is 12.2. The van der Waals surface area contributed by atoms with Crippen LogP contribution >= 0.6 is 15.9 Å². The highest BCUT2D eigenvalue weighted by Gasteiger charge is 2.19. The number of amides is 1. The van der Waals surface area contributed by atoms with Gasteiger partial charge in [0.1, 0.15) is 12.4 Å². The zero-order valence-corrected chi connectivity index (χ0v) is 16.5. The highest BCUT2D eigenvalue weighted by atomic mass is 79.9. The van der Waals surface area contributed by atoms with Gasteiger partial charge in [-0.2, -0.15) is 4.80 Å². The molecule has 0 aliphatic rings. The third kappa shape index (κ3) is 4.97. The zero-order valence-electron chi connectivity index (χ0n) is 14.9. The van der Waals surface area contributed by atoms with E-state index in [0.29, 0.717) is 5.82 Å². The number of carbonyl (C=O) groups excluding carboxylic acids is 1. The number of hydrogen-bond donors (Lipinski definition) is 1. The number of rotatable bonds is 6. The van der Waals surface area contributed by atoms with E-state index in [4.69, 9.17) is 0 Å². The zero-order chi connectivity index (χ0) is 19.4. The average Bonchev–Trinajstić information content (AvgIpc) is 3.09. The Morgan fingerprint density at radius 3 is 2.44 bits per heavy atom. The predicted molar refractivity (Wildman–Crippen MR) is 103 cm³/mol. The van der Waals surface area contributed by atoms with Crippen LogP contribution in [-0.2, 0) is 11.3 Å². The average molecular weight is 432 g/mol. The van der Waals surface area contributed by atoms with Crippen molar-refractivity contribution in [3.05, 3.63) is 64.4 Å². The Balaban J connectivity index is 1.67. The number of carbonyl (C=O) groups is 1. The van der Waals surface area contributed by atoms with Gasteiger partial charge in [-0.3, -0.25) is 4.79 Å². The van der Waals surface area contributed by atoms with Crippen molar-refractivity contribution >= 4 is 21.8 Å². The summed E-state index contributed by atoms with van der Waals surface area (Å²) in [7, 11) is 0. The number of nitrogens with zero attached hydrogens (tertiary/aromatic N) is 4. The van der Waals surface area contributed by atoms with Crippen molar-refractivity contribution in [2.24, 2.45) is 5.92 Å². The Hall–Kier alpha value is -2.61. The minimum Gasteiger partial charge on any atom is -0.347 e. The van der Waals surface area contributed by atoms with E-state index < -0.39 is 0 Å². The summed E-state index contributed by atoms with van der Waals surface area (Å²) in [5.41, 5.74) is 1.66. The van der Waals surface area contributed by atoms with Crippen LogP contribution in [0.5, 0.6) is 0 Å². The molecule has 1 amide bonds. The molecule has 0 saturated carbocycles. The van der Waals surface area contributed by atoms with Crippen LogP contribution in [0.2, 0.25) is 0 Å². The number of halogens is 2. The molecule has 3 aromatic rings. The summed E-state index contributed by atoms with van der Waals surface area (Å²) in [4.78, 5) is 13.7. The smallest absolute Gasteiger partial charge is 0.244 e. The molecular formula is C19H19BrFN5O. The van der Waals surface area contributed by atoms with Crippen LogP contribution < -0.4 is 5.32 Å². The molecule has 1 N–H and O–H groups in total. The fourth-order valence-electron chi connectivity index (χ4n) is 2.68. The van der Waals surface area contributed by atoms with E-state index in [1.165, 1.54) is 16.9 Å². The summed E-state index contributed by atoms with van der Waals surface area (Å²) in [5, 5.41) is 15.2. The Kier molecular flexibility index (Phi) is 5.95. The van der Waals surface area contributed by atoms with Crippen molar-refractivity contribution in [2.45, 2.75) is 26.4 Å². The van der Waals surface area contributed by atoms with Gasteiger partial charge in [-0.1, -0.05) is 41.9 Å². The van der Waals surface area contributed by atoms with Crippen molar-refractivity contribution in [2.75, 3.05) is 0 Å². The molecule has 0 fully saturated rings. The number of nitrogens with one attached hydrogen (secondary N) is 1. The van der Waals surface area contributed by atoms with E-state index in [2.05, 4.69) is 36.7 Å². The molecule has 0 aliphatic carbocycles. The third-order valence-corrected chi connectivity index (χ3v) is 4.58. The van der Waals surface area contributed by atoms with Gasteiger partial charge in [0.2, 0.25) is 11.7 Å². The lowest BCUT2D eigenvalue weighted by Crippen LogP contribution is -2.34. The minimum absolute atomic E-state index is 0.0477. The Morgan fingerprint density at radius 1 is 1.15 bits per heavy atom. The van der Waals surface area contributed by atoms with Gasteiger partial charge in [-0.15, -0.1) is 10.2 Å². The van der Waals surface area contributed by atoms with E-state index in [1.54, 1.807) is 12.1 Å². The van der Waals surface area contributed by atoms with Crippen LogP contribution in [0, 0.1) is 11.7 Å². The number of hydrogen-bond acceptors (Lipinski definition) is 4. The standard InChI is InChI=1S/C19H19BrFN5O/c1-12(2)18(13-5-9-16(21)10-6-13)22-17(27)11-26-24-19(23-25-26)14-3-7-15(20)8-4-14/h3-10,12,18H,11H2,1-2H3,(H,22,27). The van der Waals surface area contributed by atoms with E-state index in [9.17, 15) is 9.18 Å². The summed E-state index contributed by atoms with van der Waals surface area (Å²) in [6.45, 7) is 3.94. The molecule has 140 valence electrons. The van der Waals surface area contributed by atoms with Crippen LogP contribution in [-0.4, -0.2) is 26.1 Å². The monoisotopic (exact) mass is 431 g/mol. The number of tetrazole rings is 1. The first-order chi connectivity index (χ1) is 12.9. The predicted octanol–water partition coefficient (Wildman–Crippen LogP) is 3.76. The van der Waals surface area contributed by atoms with Gasteiger partial charge in [0.25, 0.3) is 0 Å². The molecule has 0 aliphatic heterocycles. The van der Waals surface area contributed by atoms with Gasteiger partial charge in [0.05, 0.1) is 6.04 Å². The van der Waals surface area contributed by atoms with Gasteiger partial charge >= 0.3 is 0 Å². The summed E-state index contributed by atoms with van der Waals surface area (Å²) >= 11 is 3.38. The molecule has 1 unspecified atom stereocenters. The molecule has 27 heavy (non-hydrogen) atoms. The Labute approximate surface area is 164 Å². The van der Waals surface area contributed by atoms with Crippen LogP contribution in [0.3, 0.4) is 0 Å². The fourth-order valence-corrected chi connectivity index (χ4v) is 2.94. The molecule has 2 aromatic carbocycles. The van der Waals surface area contributed by atoms with Gasteiger partial charge in [-0.05, 0) is 53.1 Å². The van der Waals surface area contributed by atoms with Crippen LogP contribution in [0.1, 0.15) is 25.5 Å². The molecular weight excluding hydrogens is 413 g/mol. The summed E-state index contributed by atoms with van der Waals surface area (Å²) in [6, 6.07) is 13.4. The third-order valence-electron chi connectivity index (χ3n) is 4.05. The second-order valence-corrected chi connectivity index (χ2v) is 7.41. The second-order valence-electron chi connectivity index (χ2n) is 6.49. The molecule has 1 heterocycles. The molecule has 0 radical (unpaired) electrons. The van der Waals surface area contributed by atoms with Crippen LogP contribution in [0.25, 0.3) is 11.4 Å². The molecule has 1 aromatic heterocycles. The highest BCUT2D eigenvalue weighted by molar-refractivity contribution is 9.10. The molecule has 1 atom stereocenters. The largest absolute Gasteiger partial charge is 0.347 e. The van der Waals surface area contributed by atoms with E-state index in [1.807, 2.05) is 38.1 Å². The number of benzene rings is 2. The topological polar surface area (TPSA) is 72.7 Å². The van der Waals surface area contributed by atoms with Gasteiger partial charge in [0, 0.05) is 10.0 Å². The molecule has 0 saturated heterocycles. The van der Waals surface area contributed by atoms with Crippen molar-refractivity contribution in [3.63, 3.8) is 0 Å². The van der Waals surface area contributed by atoms with Crippen LogP contribution in [0.4, 0.5) is 4.39 Å². The van der Waals surface area contributed by atoms with Crippen molar-refractivity contribution < 1.29 is 9.18 Å². The quantitative estimate of drug-likeness (QED) is 0.644. The maximum atomic E-state index is 13.1. The Bertz CT molecular complexity index is 909. The SMILES string of the molecule is CC(C)C(NC(=O)Cn1nnc(-c2ccc(Br)cc2)n1)c1ccc(F)cc1. The van der Waals surface area contributed by atoms with Gasteiger partial charge in [-0.25, -0.2) is 4.39 Å². The van der Waals surface area contributed by atoms with Crippen molar-refractivity contribution in [1.82, 2.24) is 25.5 Å². The molecule has 0 bridgehead atoms. The molecule has 0 spiro atoms. The summed E-state index contributed by atoms with van der Waals surface area (Å²) in [6.07, 6.45) is 0. The summed E-state index contributed by atoms with van der Waals surface area (Å²) < 4.78 is 14.1. The Morgan fingerprint density at radius 2 is 1.81 bits per heavy atom. The van der Waals surface area contributed by atoms with Gasteiger partial charge < -0.3 is 5.32 Å². The minimum atomic E-state index is -0.306. The maximum absolute atomic E-state index is 13.1. The molecule has 8 heteroatoms. The lowest BCUT2D eigenvalue weighted by Gasteiger charge is -2.22. The van der Waals surface area contributed by atoms with Gasteiger partial charge in [0.15, 0.2) is 0 Å². The van der Waals surface area contributed by atoms with Crippen molar-refractivity contribution in [3.8, 4) is 11.4 Å². The first kappa shape index (κ1) is 19.2. The fraction of sp³-hybridized carbons (Fsp3) is 0.263. The maximum Gasteiger partial charge on any atom is 0.244 e. The van der Waals surface area contributed by atoms with E-state index in [-0.39, 0.29) is 30.2 Å². The second kappa shape index (κ2) is 8.39. The summed E-state index contributed by atoms with van der Waals surface area (Å²) in [5.74, 6) is 0.0494. The first-order valence-corrected chi connectivity index (χ1v) is 9.30. The number of aromatic nitrogens is 4. The van der Waals surface area contributed by atoms with Crippen LogP contribution in [0.15, 0.2) is 53.0 Å². The van der Waals surface area contributed by atoms with Crippen molar-refractivity contribution in [1.29, 1.82) is 0 Å².